The molecule has 1 aliphatic heterocycles. The Morgan fingerprint density at radius 2 is 2.30 bits per heavy atom. The van der Waals surface area contributed by atoms with Crippen LogP contribution in [0.1, 0.15) is 24.3 Å². The third kappa shape index (κ3) is 4.45. The van der Waals surface area contributed by atoms with Crippen LogP contribution in [0.3, 0.4) is 0 Å². The Hall–Kier alpha value is -0.620. The van der Waals surface area contributed by atoms with E-state index >= 15 is 0 Å². The summed E-state index contributed by atoms with van der Waals surface area (Å²) in [5.74, 6) is 0.145. The Kier molecular flexibility index (Phi) is 6.95. The van der Waals surface area contributed by atoms with Gasteiger partial charge in [0.15, 0.2) is 0 Å². The van der Waals surface area contributed by atoms with Gasteiger partial charge in [-0.15, -0.1) is 23.7 Å². The minimum Gasteiger partial charge on any atom is -0.353 e. The minimum atomic E-state index is -0.398. The van der Waals surface area contributed by atoms with Gasteiger partial charge in [0.1, 0.15) is 0 Å². The number of rotatable bonds is 5. The molecule has 6 heteroatoms. The lowest BCUT2D eigenvalue weighted by molar-refractivity contribution is -0.123. The van der Waals surface area contributed by atoms with E-state index in [0.29, 0.717) is 6.54 Å². The molecular weight excluding hydrogens is 294 g/mol. The average molecular weight is 318 g/mol. The number of nitrogens with one attached hydrogen (secondary N) is 1. The number of nitrogens with two attached hydrogens (primary N) is 1. The Bertz CT molecular complexity index is 436. The number of halogens is 1. The summed E-state index contributed by atoms with van der Waals surface area (Å²) >= 11 is 1.85. The molecule has 1 aromatic rings. The topological polar surface area (TPSA) is 58.4 Å². The SMILES string of the molecule is CC(C)[C@H](N)C(=O)NCCN1CCc2sccc2C1.Cl. The van der Waals surface area contributed by atoms with Crippen LogP contribution in [0.25, 0.3) is 0 Å². The van der Waals surface area contributed by atoms with Crippen LogP contribution in [-0.4, -0.2) is 36.5 Å². The van der Waals surface area contributed by atoms with Gasteiger partial charge in [-0.25, -0.2) is 0 Å². The monoisotopic (exact) mass is 317 g/mol. The van der Waals surface area contributed by atoms with Crippen LogP contribution in [0.5, 0.6) is 0 Å². The van der Waals surface area contributed by atoms with Crippen LogP contribution in [0, 0.1) is 5.92 Å². The van der Waals surface area contributed by atoms with Crippen LogP contribution in [0.4, 0.5) is 0 Å². The number of nitrogens with zero attached hydrogens (tertiary/aromatic N) is 1. The van der Waals surface area contributed by atoms with Crippen molar-refractivity contribution < 1.29 is 4.79 Å². The Balaban J connectivity index is 0.00000200. The highest BCUT2D eigenvalue weighted by atomic mass is 35.5. The van der Waals surface area contributed by atoms with Gasteiger partial charge in [0, 0.05) is 31.1 Å². The number of fused-ring (bicyclic) bond motifs is 1. The first-order valence-corrected chi connectivity index (χ1v) is 7.76. The molecule has 0 radical (unpaired) electrons. The van der Waals surface area contributed by atoms with Crippen molar-refractivity contribution in [2.24, 2.45) is 11.7 Å². The maximum atomic E-state index is 11.7. The van der Waals surface area contributed by atoms with E-state index in [1.807, 2.05) is 25.2 Å². The standard InChI is InChI=1S/C14H23N3OS.ClH/c1-10(2)13(15)14(18)16-5-7-17-6-3-12-11(9-17)4-8-19-12;/h4,8,10,13H,3,5-7,9,15H2,1-2H3,(H,16,18);1H/t13-;/m0./s1. The lowest BCUT2D eigenvalue weighted by Crippen LogP contribution is -2.46. The molecule has 2 heterocycles. The molecule has 3 N–H and O–H groups in total. The van der Waals surface area contributed by atoms with Crippen molar-refractivity contribution in [1.29, 1.82) is 0 Å². The predicted molar refractivity (Wildman–Crippen MR) is 86.4 cm³/mol. The second-order valence-corrected chi connectivity index (χ2v) is 6.46. The summed E-state index contributed by atoms with van der Waals surface area (Å²) in [5.41, 5.74) is 7.25. The van der Waals surface area contributed by atoms with Crippen molar-refractivity contribution in [2.75, 3.05) is 19.6 Å². The summed E-state index contributed by atoms with van der Waals surface area (Å²) in [5, 5.41) is 5.09. The van der Waals surface area contributed by atoms with Gasteiger partial charge in [-0.2, -0.15) is 0 Å². The fourth-order valence-corrected chi connectivity index (χ4v) is 3.15. The molecule has 0 fully saturated rings. The van der Waals surface area contributed by atoms with Crippen LogP contribution < -0.4 is 11.1 Å². The fourth-order valence-electron chi connectivity index (χ4n) is 2.26. The molecule has 2 rings (SSSR count). The maximum Gasteiger partial charge on any atom is 0.237 e. The van der Waals surface area contributed by atoms with Crippen molar-refractivity contribution in [3.63, 3.8) is 0 Å². The van der Waals surface area contributed by atoms with Crippen molar-refractivity contribution in [1.82, 2.24) is 10.2 Å². The summed E-state index contributed by atoms with van der Waals surface area (Å²) < 4.78 is 0. The number of carbonyl (C=O) groups is 1. The first kappa shape index (κ1) is 17.4. The minimum absolute atomic E-state index is 0. The first-order chi connectivity index (χ1) is 9.08. The summed E-state index contributed by atoms with van der Waals surface area (Å²) in [6.07, 6.45) is 1.13. The van der Waals surface area contributed by atoms with Gasteiger partial charge in [-0.05, 0) is 29.3 Å². The molecule has 1 atom stereocenters. The van der Waals surface area contributed by atoms with Crippen LogP contribution in [0.2, 0.25) is 0 Å². The van der Waals surface area contributed by atoms with E-state index in [9.17, 15) is 4.79 Å². The molecule has 0 aromatic carbocycles. The van der Waals surface area contributed by atoms with E-state index in [0.717, 1.165) is 26.1 Å². The number of hydrogen-bond acceptors (Lipinski definition) is 4. The second-order valence-electron chi connectivity index (χ2n) is 5.46. The molecule has 1 aliphatic rings. The van der Waals surface area contributed by atoms with Crippen LogP contribution >= 0.6 is 23.7 Å². The Labute approximate surface area is 131 Å². The highest BCUT2D eigenvalue weighted by Gasteiger charge is 2.19. The highest BCUT2D eigenvalue weighted by Crippen LogP contribution is 2.23. The number of carbonyl (C=O) groups excluding carboxylic acids is 1. The molecule has 0 saturated heterocycles. The summed E-state index contributed by atoms with van der Waals surface area (Å²) in [4.78, 5) is 15.6. The van der Waals surface area contributed by atoms with E-state index in [1.165, 1.54) is 10.4 Å². The molecule has 0 unspecified atom stereocenters. The summed E-state index contributed by atoms with van der Waals surface area (Å²) in [6, 6.07) is 1.81. The zero-order valence-electron chi connectivity index (χ0n) is 12.1. The van der Waals surface area contributed by atoms with Gasteiger partial charge >= 0.3 is 0 Å². The molecule has 1 amide bonds. The van der Waals surface area contributed by atoms with Gasteiger partial charge in [0.25, 0.3) is 0 Å². The zero-order valence-corrected chi connectivity index (χ0v) is 13.7. The van der Waals surface area contributed by atoms with E-state index in [1.54, 1.807) is 0 Å². The molecule has 0 saturated carbocycles. The van der Waals surface area contributed by atoms with Crippen molar-refractivity contribution in [3.05, 3.63) is 21.9 Å². The van der Waals surface area contributed by atoms with Gasteiger partial charge in [0.05, 0.1) is 6.04 Å². The summed E-state index contributed by atoms with van der Waals surface area (Å²) in [7, 11) is 0. The molecule has 114 valence electrons. The molecule has 0 spiro atoms. The lowest BCUT2D eigenvalue weighted by Gasteiger charge is -2.27. The molecule has 1 aromatic heterocycles. The van der Waals surface area contributed by atoms with E-state index in [2.05, 4.69) is 21.7 Å². The van der Waals surface area contributed by atoms with Crippen LogP contribution in [-0.2, 0) is 17.8 Å². The third-order valence-corrected chi connectivity index (χ3v) is 4.66. The van der Waals surface area contributed by atoms with Gasteiger partial charge in [-0.3, -0.25) is 9.69 Å². The van der Waals surface area contributed by atoms with E-state index in [-0.39, 0.29) is 24.2 Å². The molecule has 0 bridgehead atoms. The quantitative estimate of drug-likeness (QED) is 0.868. The predicted octanol–water partition coefficient (Wildman–Crippen LogP) is 1.63. The lowest BCUT2D eigenvalue weighted by atomic mass is 10.1. The van der Waals surface area contributed by atoms with E-state index in [4.69, 9.17) is 5.73 Å². The van der Waals surface area contributed by atoms with E-state index < -0.39 is 6.04 Å². The smallest absolute Gasteiger partial charge is 0.237 e. The molecule has 4 nitrogen and oxygen atoms in total. The third-order valence-electron chi connectivity index (χ3n) is 3.63. The van der Waals surface area contributed by atoms with Crippen molar-refractivity contribution in [2.45, 2.75) is 32.9 Å². The summed E-state index contributed by atoms with van der Waals surface area (Å²) in [6.45, 7) is 7.59. The number of hydrogen-bond donors (Lipinski definition) is 2. The van der Waals surface area contributed by atoms with Crippen molar-refractivity contribution >= 4 is 29.7 Å². The average Bonchev–Trinajstić information content (AvgIpc) is 2.84. The Morgan fingerprint density at radius 3 is 3.00 bits per heavy atom. The zero-order chi connectivity index (χ0) is 13.8. The molecule has 0 aliphatic carbocycles. The molecule has 20 heavy (non-hydrogen) atoms. The van der Waals surface area contributed by atoms with Gasteiger partial charge < -0.3 is 11.1 Å². The number of amides is 1. The molecular formula is C14H24ClN3OS. The largest absolute Gasteiger partial charge is 0.353 e. The van der Waals surface area contributed by atoms with Crippen LogP contribution in [0.15, 0.2) is 11.4 Å². The highest BCUT2D eigenvalue weighted by molar-refractivity contribution is 7.10. The van der Waals surface area contributed by atoms with Crippen molar-refractivity contribution in [3.8, 4) is 0 Å². The normalized spacial score (nSPS) is 16.4. The second kappa shape index (κ2) is 7.98. The first-order valence-electron chi connectivity index (χ1n) is 6.89. The van der Waals surface area contributed by atoms with Gasteiger partial charge in [-0.1, -0.05) is 13.8 Å². The Morgan fingerprint density at radius 1 is 1.55 bits per heavy atom. The van der Waals surface area contributed by atoms with Gasteiger partial charge in [0.2, 0.25) is 5.91 Å². The number of thiophene rings is 1. The maximum absolute atomic E-state index is 11.7. The fraction of sp³-hybridized carbons (Fsp3) is 0.643.